The lowest BCUT2D eigenvalue weighted by atomic mass is 9.77. The van der Waals surface area contributed by atoms with Crippen molar-refractivity contribution in [3.63, 3.8) is 0 Å². The third-order valence-electron chi connectivity index (χ3n) is 4.36. The van der Waals surface area contributed by atoms with E-state index in [4.69, 9.17) is 11.6 Å². The summed E-state index contributed by atoms with van der Waals surface area (Å²) < 4.78 is 1.79. The Hall–Kier alpha value is -0.500. The molecule has 0 radical (unpaired) electrons. The molecule has 0 aliphatic rings. The third kappa shape index (κ3) is 5.12. The van der Waals surface area contributed by atoms with Crippen LogP contribution in [0, 0.1) is 0 Å². The SMILES string of the molecule is CCCCCCCC(C)(CCCC)c1cc(Cl)n(C)n1. The predicted molar refractivity (Wildman–Crippen MR) is 88.5 cm³/mol. The molecule has 2 nitrogen and oxygen atoms in total. The van der Waals surface area contributed by atoms with Crippen molar-refractivity contribution in [2.75, 3.05) is 0 Å². The number of aromatic nitrogens is 2. The van der Waals surface area contributed by atoms with E-state index in [1.54, 1.807) is 4.68 Å². The number of hydrogen-bond donors (Lipinski definition) is 0. The standard InChI is InChI=1S/C17H31ClN2/c1-5-7-9-10-11-13-17(3,12-8-6-2)15-14-16(18)20(4)19-15/h14H,5-13H2,1-4H3. The van der Waals surface area contributed by atoms with E-state index < -0.39 is 0 Å². The Morgan fingerprint density at radius 1 is 1.05 bits per heavy atom. The number of hydrogen-bond acceptors (Lipinski definition) is 1. The molecular formula is C17H31ClN2. The second-order valence-corrected chi connectivity index (χ2v) is 6.69. The largest absolute Gasteiger partial charge is 0.257 e. The van der Waals surface area contributed by atoms with Crippen LogP contribution < -0.4 is 0 Å². The fourth-order valence-corrected chi connectivity index (χ4v) is 2.95. The van der Waals surface area contributed by atoms with Gasteiger partial charge in [-0.2, -0.15) is 5.10 Å². The Labute approximate surface area is 129 Å². The number of nitrogens with zero attached hydrogens (tertiary/aromatic N) is 2. The molecule has 0 saturated heterocycles. The quantitative estimate of drug-likeness (QED) is 0.493. The van der Waals surface area contributed by atoms with Crippen molar-refractivity contribution in [2.45, 2.75) is 84.0 Å². The van der Waals surface area contributed by atoms with Gasteiger partial charge in [0, 0.05) is 12.5 Å². The summed E-state index contributed by atoms with van der Waals surface area (Å²) in [6.45, 7) is 6.88. The summed E-state index contributed by atoms with van der Waals surface area (Å²) in [5.74, 6) is 0. The summed E-state index contributed by atoms with van der Waals surface area (Å²) in [5, 5.41) is 5.38. The monoisotopic (exact) mass is 298 g/mol. The lowest BCUT2D eigenvalue weighted by Gasteiger charge is -2.28. The molecule has 116 valence electrons. The molecule has 1 aromatic heterocycles. The molecular weight excluding hydrogens is 268 g/mol. The Morgan fingerprint density at radius 2 is 1.65 bits per heavy atom. The Balaban J connectivity index is 2.65. The van der Waals surface area contributed by atoms with Crippen molar-refractivity contribution in [3.8, 4) is 0 Å². The minimum atomic E-state index is 0.188. The van der Waals surface area contributed by atoms with Gasteiger partial charge in [0.05, 0.1) is 5.69 Å². The van der Waals surface area contributed by atoms with Crippen molar-refractivity contribution >= 4 is 11.6 Å². The molecule has 1 atom stereocenters. The molecule has 20 heavy (non-hydrogen) atoms. The van der Waals surface area contributed by atoms with Gasteiger partial charge in [0.25, 0.3) is 0 Å². The first kappa shape index (κ1) is 17.6. The average Bonchev–Trinajstić information content (AvgIpc) is 2.77. The second kappa shape index (κ2) is 8.71. The molecule has 1 rings (SSSR count). The maximum Gasteiger partial charge on any atom is 0.126 e. The minimum absolute atomic E-state index is 0.188. The fraction of sp³-hybridized carbons (Fsp3) is 0.824. The maximum atomic E-state index is 6.17. The van der Waals surface area contributed by atoms with Gasteiger partial charge in [-0.25, -0.2) is 0 Å². The molecule has 0 aliphatic heterocycles. The minimum Gasteiger partial charge on any atom is -0.257 e. The summed E-state index contributed by atoms with van der Waals surface area (Å²) in [4.78, 5) is 0. The van der Waals surface area contributed by atoms with Gasteiger partial charge < -0.3 is 0 Å². The smallest absolute Gasteiger partial charge is 0.126 e. The molecule has 3 heteroatoms. The molecule has 0 spiro atoms. The van der Waals surface area contributed by atoms with Crippen molar-refractivity contribution in [1.82, 2.24) is 9.78 Å². The van der Waals surface area contributed by atoms with Crippen LogP contribution in [0.2, 0.25) is 5.15 Å². The van der Waals surface area contributed by atoms with Gasteiger partial charge in [0.1, 0.15) is 5.15 Å². The summed E-state index contributed by atoms with van der Waals surface area (Å²) in [6.07, 6.45) is 11.6. The van der Waals surface area contributed by atoms with Crippen LogP contribution in [0.15, 0.2) is 6.07 Å². The number of aryl methyl sites for hydroxylation is 1. The van der Waals surface area contributed by atoms with Crippen LogP contribution in [0.4, 0.5) is 0 Å². The van der Waals surface area contributed by atoms with Crippen LogP contribution >= 0.6 is 11.6 Å². The van der Waals surface area contributed by atoms with Gasteiger partial charge in [0.15, 0.2) is 0 Å². The Bertz CT molecular complexity index is 367. The van der Waals surface area contributed by atoms with E-state index in [-0.39, 0.29) is 5.41 Å². The van der Waals surface area contributed by atoms with Crippen LogP contribution in [-0.4, -0.2) is 9.78 Å². The van der Waals surface area contributed by atoms with Crippen LogP contribution in [0.5, 0.6) is 0 Å². The predicted octanol–water partition coefficient (Wildman–Crippen LogP) is 5.88. The van der Waals surface area contributed by atoms with Crippen molar-refractivity contribution in [3.05, 3.63) is 16.9 Å². The van der Waals surface area contributed by atoms with Crippen LogP contribution in [0.25, 0.3) is 0 Å². The van der Waals surface area contributed by atoms with E-state index in [0.717, 1.165) is 5.15 Å². The van der Waals surface area contributed by atoms with Crippen LogP contribution in [-0.2, 0) is 12.5 Å². The zero-order valence-electron chi connectivity index (χ0n) is 13.7. The lowest BCUT2D eigenvalue weighted by molar-refractivity contribution is 0.356. The summed E-state index contributed by atoms with van der Waals surface area (Å²) in [7, 11) is 1.92. The molecule has 1 heterocycles. The van der Waals surface area contributed by atoms with E-state index in [2.05, 4.69) is 31.9 Å². The molecule has 1 aromatic rings. The highest BCUT2D eigenvalue weighted by Crippen LogP contribution is 2.35. The van der Waals surface area contributed by atoms with E-state index in [9.17, 15) is 0 Å². The fourth-order valence-electron chi connectivity index (χ4n) is 2.81. The normalized spacial score (nSPS) is 14.4. The summed E-state index contributed by atoms with van der Waals surface area (Å²) in [5.41, 5.74) is 1.36. The summed E-state index contributed by atoms with van der Waals surface area (Å²) >= 11 is 6.17. The highest BCUT2D eigenvalue weighted by atomic mass is 35.5. The van der Waals surface area contributed by atoms with Crippen molar-refractivity contribution in [2.24, 2.45) is 7.05 Å². The molecule has 0 bridgehead atoms. The van der Waals surface area contributed by atoms with E-state index in [1.165, 1.54) is 63.5 Å². The topological polar surface area (TPSA) is 17.8 Å². The van der Waals surface area contributed by atoms with Gasteiger partial charge in [-0.15, -0.1) is 0 Å². The van der Waals surface area contributed by atoms with Crippen molar-refractivity contribution in [1.29, 1.82) is 0 Å². The van der Waals surface area contributed by atoms with Crippen LogP contribution in [0.3, 0.4) is 0 Å². The second-order valence-electron chi connectivity index (χ2n) is 6.30. The van der Waals surface area contributed by atoms with Gasteiger partial charge in [0.2, 0.25) is 0 Å². The highest BCUT2D eigenvalue weighted by molar-refractivity contribution is 6.29. The zero-order chi connectivity index (χ0) is 15.0. The van der Waals surface area contributed by atoms with Gasteiger partial charge in [-0.3, -0.25) is 4.68 Å². The first-order chi connectivity index (χ1) is 9.53. The Morgan fingerprint density at radius 3 is 2.20 bits per heavy atom. The lowest BCUT2D eigenvalue weighted by Crippen LogP contribution is -2.23. The Kier molecular flexibility index (Phi) is 7.65. The highest BCUT2D eigenvalue weighted by Gasteiger charge is 2.28. The molecule has 0 saturated carbocycles. The number of rotatable bonds is 10. The van der Waals surface area contributed by atoms with E-state index in [1.807, 2.05) is 7.05 Å². The van der Waals surface area contributed by atoms with Crippen molar-refractivity contribution < 1.29 is 0 Å². The van der Waals surface area contributed by atoms with E-state index in [0.29, 0.717) is 0 Å². The van der Waals surface area contributed by atoms with E-state index >= 15 is 0 Å². The first-order valence-electron chi connectivity index (χ1n) is 8.23. The zero-order valence-corrected chi connectivity index (χ0v) is 14.5. The third-order valence-corrected chi connectivity index (χ3v) is 4.71. The number of halogens is 1. The molecule has 0 aromatic carbocycles. The number of unbranched alkanes of at least 4 members (excludes halogenated alkanes) is 5. The molecule has 0 N–H and O–H groups in total. The van der Waals surface area contributed by atoms with Gasteiger partial charge in [-0.1, -0.05) is 77.3 Å². The first-order valence-corrected chi connectivity index (χ1v) is 8.61. The average molecular weight is 299 g/mol. The van der Waals surface area contributed by atoms with Gasteiger partial charge in [-0.05, 0) is 18.9 Å². The van der Waals surface area contributed by atoms with Gasteiger partial charge >= 0.3 is 0 Å². The summed E-state index contributed by atoms with van der Waals surface area (Å²) in [6, 6.07) is 2.06. The molecule has 1 unspecified atom stereocenters. The molecule has 0 fully saturated rings. The molecule has 0 amide bonds. The maximum absolute atomic E-state index is 6.17. The molecule has 0 aliphatic carbocycles. The van der Waals surface area contributed by atoms with Crippen LogP contribution in [0.1, 0.15) is 84.3 Å².